The molecule has 28 heavy (non-hydrogen) atoms. The largest absolute Gasteiger partial charge is 0.435 e. The van der Waals surface area contributed by atoms with Crippen LogP contribution in [0.3, 0.4) is 0 Å². The van der Waals surface area contributed by atoms with E-state index in [1.54, 1.807) is 24.3 Å². The van der Waals surface area contributed by atoms with E-state index < -0.39 is 29.3 Å². The number of amides is 1. The summed E-state index contributed by atoms with van der Waals surface area (Å²) in [6, 6.07) is 11.3. The lowest BCUT2D eigenvalue weighted by Gasteiger charge is -2.17. The lowest BCUT2D eigenvalue weighted by atomic mass is 10.2. The molecule has 2 aromatic carbocycles. The van der Waals surface area contributed by atoms with Crippen LogP contribution >= 0.6 is 15.9 Å². The van der Waals surface area contributed by atoms with Gasteiger partial charge in [0, 0.05) is 18.1 Å². The second kappa shape index (κ2) is 7.70. The van der Waals surface area contributed by atoms with Gasteiger partial charge in [-0.25, -0.2) is 9.07 Å². The van der Waals surface area contributed by atoms with Gasteiger partial charge in [0.15, 0.2) is 11.4 Å². The minimum atomic E-state index is -4.89. The molecule has 3 rings (SSSR count). The molecule has 0 atom stereocenters. The molecule has 5 nitrogen and oxygen atoms in total. The summed E-state index contributed by atoms with van der Waals surface area (Å²) in [5.74, 6) is -1.54. The van der Waals surface area contributed by atoms with Crippen LogP contribution in [-0.4, -0.2) is 32.8 Å². The van der Waals surface area contributed by atoms with Crippen molar-refractivity contribution in [1.29, 1.82) is 0 Å². The molecule has 0 aliphatic heterocycles. The van der Waals surface area contributed by atoms with E-state index in [1.165, 1.54) is 7.05 Å². The molecule has 1 heterocycles. The Labute approximate surface area is 165 Å². The van der Waals surface area contributed by atoms with Crippen molar-refractivity contribution in [1.82, 2.24) is 19.9 Å². The molecule has 0 radical (unpaired) electrons. The average molecular weight is 457 g/mol. The molecular formula is C18H13BrF4N4O. The summed E-state index contributed by atoms with van der Waals surface area (Å²) in [5.41, 5.74) is -1.46. The van der Waals surface area contributed by atoms with Gasteiger partial charge in [0.1, 0.15) is 5.82 Å². The summed E-state index contributed by atoms with van der Waals surface area (Å²) in [4.78, 5) is 13.7. The Morgan fingerprint density at radius 1 is 1.11 bits per heavy atom. The van der Waals surface area contributed by atoms with Crippen LogP contribution in [-0.2, 0) is 12.7 Å². The number of benzene rings is 2. The normalized spacial score (nSPS) is 11.5. The minimum Gasteiger partial charge on any atom is -0.336 e. The van der Waals surface area contributed by atoms with E-state index in [4.69, 9.17) is 0 Å². The summed E-state index contributed by atoms with van der Waals surface area (Å²) in [6.45, 7) is 0.0901. The molecule has 1 aromatic heterocycles. The van der Waals surface area contributed by atoms with Crippen molar-refractivity contribution in [2.24, 2.45) is 0 Å². The van der Waals surface area contributed by atoms with E-state index in [-0.39, 0.29) is 12.2 Å². The molecule has 0 aliphatic carbocycles. The summed E-state index contributed by atoms with van der Waals surface area (Å²) >= 11 is 3.29. The molecule has 0 bridgehead atoms. The first-order valence-electron chi connectivity index (χ1n) is 7.95. The zero-order valence-corrected chi connectivity index (χ0v) is 16.0. The first-order valence-corrected chi connectivity index (χ1v) is 8.75. The van der Waals surface area contributed by atoms with Gasteiger partial charge < -0.3 is 4.90 Å². The van der Waals surface area contributed by atoms with Gasteiger partial charge in [-0.1, -0.05) is 33.3 Å². The monoisotopic (exact) mass is 456 g/mol. The van der Waals surface area contributed by atoms with Crippen molar-refractivity contribution in [3.05, 3.63) is 75.8 Å². The van der Waals surface area contributed by atoms with Crippen LogP contribution in [0.5, 0.6) is 0 Å². The van der Waals surface area contributed by atoms with E-state index in [0.29, 0.717) is 4.68 Å². The Bertz CT molecular complexity index is 984. The molecule has 0 spiro atoms. The SMILES string of the molecule is CN(Cc1ccc(Br)cc1)C(=O)c1nnn(-c2ccc(F)cc2)c1C(F)(F)F. The second-order valence-electron chi connectivity index (χ2n) is 5.96. The topological polar surface area (TPSA) is 51.0 Å². The quantitative estimate of drug-likeness (QED) is 0.544. The third kappa shape index (κ3) is 4.22. The van der Waals surface area contributed by atoms with Gasteiger partial charge in [-0.15, -0.1) is 5.10 Å². The van der Waals surface area contributed by atoms with Crippen molar-refractivity contribution >= 4 is 21.8 Å². The van der Waals surface area contributed by atoms with Gasteiger partial charge in [-0.2, -0.15) is 13.2 Å². The molecule has 0 aliphatic rings. The standard InChI is InChI=1S/C18H13BrF4N4O/c1-26(10-11-2-4-12(19)5-3-11)17(28)15-16(18(21,22)23)27(25-24-15)14-8-6-13(20)7-9-14/h2-9H,10H2,1H3. The van der Waals surface area contributed by atoms with Gasteiger partial charge in [0.25, 0.3) is 5.91 Å². The van der Waals surface area contributed by atoms with Crippen molar-refractivity contribution in [3.63, 3.8) is 0 Å². The van der Waals surface area contributed by atoms with E-state index in [1.807, 2.05) is 0 Å². The summed E-state index contributed by atoms with van der Waals surface area (Å²) in [5, 5.41) is 6.93. The highest BCUT2D eigenvalue weighted by Crippen LogP contribution is 2.33. The first-order chi connectivity index (χ1) is 13.2. The van der Waals surface area contributed by atoms with Crippen molar-refractivity contribution in [2.45, 2.75) is 12.7 Å². The van der Waals surface area contributed by atoms with Crippen LogP contribution in [0.25, 0.3) is 5.69 Å². The van der Waals surface area contributed by atoms with Gasteiger partial charge in [-0.3, -0.25) is 4.79 Å². The van der Waals surface area contributed by atoms with Gasteiger partial charge in [-0.05, 0) is 42.0 Å². The molecule has 3 aromatic rings. The second-order valence-corrected chi connectivity index (χ2v) is 6.88. The number of hydrogen-bond donors (Lipinski definition) is 0. The van der Waals surface area contributed by atoms with Crippen molar-refractivity contribution in [2.75, 3.05) is 7.05 Å². The highest BCUT2D eigenvalue weighted by molar-refractivity contribution is 9.10. The minimum absolute atomic E-state index is 0.0594. The van der Waals surface area contributed by atoms with Gasteiger partial charge >= 0.3 is 6.18 Å². The number of halogens is 5. The molecule has 0 unspecified atom stereocenters. The highest BCUT2D eigenvalue weighted by atomic mass is 79.9. The van der Waals surface area contributed by atoms with Crippen LogP contribution in [0, 0.1) is 5.82 Å². The summed E-state index contributed by atoms with van der Waals surface area (Å²) < 4.78 is 55.4. The summed E-state index contributed by atoms with van der Waals surface area (Å²) in [6.07, 6.45) is -4.89. The van der Waals surface area contributed by atoms with Gasteiger partial charge in [0.05, 0.1) is 5.69 Å². The molecule has 0 N–H and O–H groups in total. The maximum atomic E-state index is 13.7. The first kappa shape index (κ1) is 20.0. The van der Waals surface area contributed by atoms with Crippen LogP contribution in [0.1, 0.15) is 21.7 Å². The molecule has 0 saturated carbocycles. The number of carbonyl (C=O) groups is 1. The molecule has 0 saturated heterocycles. The maximum Gasteiger partial charge on any atom is 0.435 e. The van der Waals surface area contributed by atoms with Crippen LogP contribution < -0.4 is 0 Å². The number of carbonyl (C=O) groups excluding carboxylic acids is 1. The lowest BCUT2D eigenvalue weighted by Crippen LogP contribution is -2.29. The maximum absolute atomic E-state index is 13.7. The summed E-state index contributed by atoms with van der Waals surface area (Å²) in [7, 11) is 1.38. The zero-order valence-electron chi connectivity index (χ0n) is 14.4. The number of alkyl halides is 3. The Balaban J connectivity index is 1.95. The van der Waals surface area contributed by atoms with Crippen molar-refractivity contribution in [3.8, 4) is 5.69 Å². The number of hydrogen-bond acceptors (Lipinski definition) is 3. The Hall–Kier alpha value is -2.75. The molecule has 0 fully saturated rings. The Kier molecular flexibility index (Phi) is 5.50. The Morgan fingerprint density at radius 2 is 1.71 bits per heavy atom. The molecular weight excluding hydrogens is 444 g/mol. The fraction of sp³-hybridized carbons (Fsp3) is 0.167. The fourth-order valence-corrected chi connectivity index (χ4v) is 2.82. The van der Waals surface area contributed by atoms with E-state index in [0.717, 1.165) is 39.2 Å². The molecule has 1 amide bonds. The predicted octanol–water partition coefficient (Wildman–Crippen LogP) is 4.46. The average Bonchev–Trinajstić information content (AvgIpc) is 3.09. The van der Waals surface area contributed by atoms with Crippen molar-refractivity contribution < 1.29 is 22.4 Å². The fourth-order valence-electron chi connectivity index (χ4n) is 2.56. The van der Waals surface area contributed by atoms with Crippen LogP contribution in [0.15, 0.2) is 53.0 Å². The number of rotatable bonds is 4. The lowest BCUT2D eigenvalue weighted by molar-refractivity contribution is -0.143. The third-order valence-electron chi connectivity index (χ3n) is 3.89. The Morgan fingerprint density at radius 3 is 2.29 bits per heavy atom. The van der Waals surface area contributed by atoms with E-state index in [9.17, 15) is 22.4 Å². The van der Waals surface area contributed by atoms with Crippen LogP contribution in [0.4, 0.5) is 17.6 Å². The van der Waals surface area contributed by atoms with E-state index in [2.05, 4.69) is 26.2 Å². The molecule has 146 valence electrons. The predicted molar refractivity (Wildman–Crippen MR) is 96.3 cm³/mol. The highest BCUT2D eigenvalue weighted by Gasteiger charge is 2.42. The molecule has 10 heteroatoms. The third-order valence-corrected chi connectivity index (χ3v) is 4.42. The van der Waals surface area contributed by atoms with Crippen LogP contribution in [0.2, 0.25) is 0 Å². The smallest absolute Gasteiger partial charge is 0.336 e. The van der Waals surface area contributed by atoms with Gasteiger partial charge in [0.2, 0.25) is 0 Å². The number of aromatic nitrogens is 3. The van der Waals surface area contributed by atoms with E-state index >= 15 is 0 Å². The zero-order chi connectivity index (χ0) is 20.5. The number of nitrogens with zero attached hydrogens (tertiary/aromatic N) is 4.